The molecule has 94 valence electrons. The van der Waals surface area contributed by atoms with Gasteiger partial charge in [0.15, 0.2) is 0 Å². The number of anilines is 1. The lowest BCUT2D eigenvalue weighted by Crippen LogP contribution is -2.39. The van der Waals surface area contributed by atoms with Gasteiger partial charge in [-0.2, -0.15) is 0 Å². The van der Waals surface area contributed by atoms with Crippen LogP contribution < -0.4 is 16.2 Å². The minimum absolute atomic E-state index is 0.0909. The normalized spacial score (nSPS) is 24.6. The Morgan fingerprint density at radius 2 is 2.06 bits per heavy atom. The number of nitrogens with one attached hydrogen (secondary N) is 1. The highest BCUT2D eigenvalue weighted by molar-refractivity contribution is 5.37. The highest BCUT2D eigenvalue weighted by Crippen LogP contribution is 2.23. The smallest absolute Gasteiger partial charge is 0.252 e. The van der Waals surface area contributed by atoms with Gasteiger partial charge in [-0.3, -0.25) is 4.79 Å². The molecule has 0 spiro atoms. The zero-order valence-corrected chi connectivity index (χ0v) is 10.4. The van der Waals surface area contributed by atoms with Crippen LogP contribution in [0.25, 0.3) is 0 Å². The van der Waals surface area contributed by atoms with Gasteiger partial charge in [0.2, 0.25) is 0 Å². The van der Waals surface area contributed by atoms with Crippen molar-refractivity contribution in [3.05, 3.63) is 22.2 Å². The highest BCUT2D eigenvalue weighted by atomic mass is 16.1. The molecule has 1 aliphatic rings. The van der Waals surface area contributed by atoms with E-state index in [-0.39, 0.29) is 5.56 Å². The summed E-state index contributed by atoms with van der Waals surface area (Å²) in [5.41, 5.74) is 5.80. The van der Waals surface area contributed by atoms with Crippen LogP contribution in [0.15, 0.2) is 10.9 Å². The van der Waals surface area contributed by atoms with E-state index in [0.29, 0.717) is 17.9 Å². The number of aromatic amines is 1. The number of nitrogens with two attached hydrogens (primary N) is 1. The maximum atomic E-state index is 11.4. The number of H-pyrrole nitrogens is 1. The molecule has 5 heteroatoms. The van der Waals surface area contributed by atoms with Gasteiger partial charge < -0.3 is 15.6 Å². The predicted octanol–water partition coefficient (Wildman–Crippen LogP) is 0.784. The van der Waals surface area contributed by atoms with Crippen molar-refractivity contribution in [2.75, 3.05) is 11.9 Å². The summed E-state index contributed by atoms with van der Waals surface area (Å²) in [6, 6.07) is 2.35. The van der Waals surface area contributed by atoms with Crippen LogP contribution in [0, 0.1) is 6.92 Å². The van der Waals surface area contributed by atoms with Crippen LogP contribution in [-0.4, -0.2) is 29.1 Å². The predicted molar refractivity (Wildman–Crippen MR) is 68.2 cm³/mol. The van der Waals surface area contributed by atoms with Gasteiger partial charge in [0.25, 0.3) is 5.56 Å². The Kier molecular flexibility index (Phi) is 3.47. The van der Waals surface area contributed by atoms with Crippen molar-refractivity contribution < 1.29 is 0 Å². The van der Waals surface area contributed by atoms with Crippen LogP contribution >= 0.6 is 0 Å². The summed E-state index contributed by atoms with van der Waals surface area (Å²) in [6.45, 7) is 1.80. The zero-order chi connectivity index (χ0) is 12.4. The molecule has 0 bridgehead atoms. The van der Waals surface area contributed by atoms with E-state index in [1.54, 1.807) is 13.0 Å². The lowest BCUT2D eigenvalue weighted by Gasteiger charge is -2.34. The monoisotopic (exact) mass is 236 g/mol. The fourth-order valence-corrected chi connectivity index (χ4v) is 2.42. The Labute approximate surface area is 101 Å². The van der Waals surface area contributed by atoms with E-state index in [1.807, 2.05) is 7.05 Å². The molecule has 0 saturated heterocycles. The molecule has 1 aromatic rings. The maximum absolute atomic E-state index is 11.4. The van der Waals surface area contributed by atoms with Crippen molar-refractivity contribution in [1.82, 2.24) is 9.97 Å². The number of aryl methyl sites for hydroxylation is 1. The third kappa shape index (κ3) is 2.85. The SMILES string of the molecule is Cc1nc(N(C)C2CCC(N)CC2)cc(=O)[nH]1. The zero-order valence-electron chi connectivity index (χ0n) is 10.4. The Balaban J connectivity index is 2.13. The molecule has 3 N–H and O–H groups in total. The first kappa shape index (κ1) is 12.1. The summed E-state index contributed by atoms with van der Waals surface area (Å²) in [5.74, 6) is 1.42. The van der Waals surface area contributed by atoms with Gasteiger partial charge in [0.05, 0.1) is 0 Å². The van der Waals surface area contributed by atoms with Crippen molar-refractivity contribution in [2.24, 2.45) is 5.73 Å². The molecule has 1 aliphatic carbocycles. The molecule has 0 radical (unpaired) electrons. The van der Waals surface area contributed by atoms with Crippen LogP contribution in [0.5, 0.6) is 0 Å². The molecule has 1 aromatic heterocycles. The third-order valence-corrected chi connectivity index (χ3v) is 3.50. The molecule has 0 atom stereocenters. The number of aromatic nitrogens is 2. The second-order valence-corrected chi connectivity index (χ2v) is 4.87. The van der Waals surface area contributed by atoms with Crippen LogP contribution in [0.4, 0.5) is 5.82 Å². The summed E-state index contributed by atoms with van der Waals surface area (Å²) in [5, 5.41) is 0. The van der Waals surface area contributed by atoms with Crippen molar-refractivity contribution in [3.63, 3.8) is 0 Å². The number of hydrogen-bond donors (Lipinski definition) is 2. The Bertz CT molecular complexity index is 434. The van der Waals surface area contributed by atoms with E-state index >= 15 is 0 Å². The first-order valence-electron chi connectivity index (χ1n) is 6.12. The highest BCUT2D eigenvalue weighted by Gasteiger charge is 2.23. The summed E-state index contributed by atoms with van der Waals surface area (Å²) in [4.78, 5) is 20.5. The van der Waals surface area contributed by atoms with Crippen LogP contribution in [-0.2, 0) is 0 Å². The van der Waals surface area contributed by atoms with E-state index in [0.717, 1.165) is 31.5 Å². The van der Waals surface area contributed by atoms with E-state index < -0.39 is 0 Å². The molecule has 1 heterocycles. The minimum Gasteiger partial charge on any atom is -0.356 e. The standard InChI is InChI=1S/C12H20N4O/c1-8-14-11(7-12(17)15-8)16(2)10-5-3-9(13)4-6-10/h7,9-10H,3-6,13H2,1-2H3,(H,14,15,17). The quantitative estimate of drug-likeness (QED) is 0.796. The Morgan fingerprint density at radius 3 is 2.65 bits per heavy atom. The lowest BCUT2D eigenvalue weighted by molar-refractivity contribution is 0.383. The summed E-state index contributed by atoms with van der Waals surface area (Å²) in [7, 11) is 2.00. The molecule has 0 aromatic carbocycles. The topological polar surface area (TPSA) is 75.0 Å². The number of hydrogen-bond acceptors (Lipinski definition) is 4. The van der Waals surface area contributed by atoms with Gasteiger partial charge in [-0.25, -0.2) is 4.98 Å². The van der Waals surface area contributed by atoms with E-state index in [1.165, 1.54) is 0 Å². The molecule has 5 nitrogen and oxygen atoms in total. The molecular weight excluding hydrogens is 216 g/mol. The molecule has 1 saturated carbocycles. The first-order valence-corrected chi connectivity index (χ1v) is 6.12. The third-order valence-electron chi connectivity index (χ3n) is 3.50. The van der Waals surface area contributed by atoms with Gasteiger partial charge in [-0.05, 0) is 32.6 Å². The van der Waals surface area contributed by atoms with Crippen molar-refractivity contribution in [1.29, 1.82) is 0 Å². The number of rotatable bonds is 2. The van der Waals surface area contributed by atoms with Crippen molar-refractivity contribution in [2.45, 2.75) is 44.7 Å². The average molecular weight is 236 g/mol. The second-order valence-electron chi connectivity index (χ2n) is 4.87. The molecule has 0 aliphatic heterocycles. The maximum Gasteiger partial charge on any atom is 0.252 e. The molecule has 0 unspecified atom stereocenters. The fraction of sp³-hybridized carbons (Fsp3) is 0.667. The molecule has 0 amide bonds. The van der Waals surface area contributed by atoms with E-state index in [9.17, 15) is 4.79 Å². The van der Waals surface area contributed by atoms with Gasteiger partial charge in [-0.1, -0.05) is 0 Å². The Morgan fingerprint density at radius 1 is 1.41 bits per heavy atom. The van der Waals surface area contributed by atoms with Gasteiger partial charge in [0, 0.05) is 25.2 Å². The summed E-state index contributed by atoms with van der Waals surface area (Å²) in [6.07, 6.45) is 4.25. The van der Waals surface area contributed by atoms with Gasteiger partial charge in [-0.15, -0.1) is 0 Å². The van der Waals surface area contributed by atoms with E-state index in [4.69, 9.17) is 5.73 Å². The summed E-state index contributed by atoms with van der Waals surface area (Å²) < 4.78 is 0. The van der Waals surface area contributed by atoms with Crippen LogP contribution in [0.2, 0.25) is 0 Å². The van der Waals surface area contributed by atoms with Crippen molar-refractivity contribution >= 4 is 5.82 Å². The van der Waals surface area contributed by atoms with Gasteiger partial charge in [0.1, 0.15) is 11.6 Å². The second kappa shape index (κ2) is 4.87. The Hall–Kier alpha value is -1.36. The van der Waals surface area contributed by atoms with E-state index in [2.05, 4.69) is 14.9 Å². The molecule has 17 heavy (non-hydrogen) atoms. The molecule has 1 fully saturated rings. The fourth-order valence-electron chi connectivity index (χ4n) is 2.42. The largest absolute Gasteiger partial charge is 0.356 e. The number of nitrogens with zero attached hydrogens (tertiary/aromatic N) is 2. The van der Waals surface area contributed by atoms with Crippen molar-refractivity contribution in [3.8, 4) is 0 Å². The first-order chi connectivity index (χ1) is 8.06. The molecular formula is C12H20N4O. The lowest BCUT2D eigenvalue weighted by atomic mass is 9.91. The summed E-state index contributed by atoms with van der Waals surface area (Å²) >= 11 is 0. The minimum atomic E-state index is -0.0909. The van der Waals surface area contributed by atoms with Crippen LogP contribution in [0.3, 0.4) is 0 Å². The van der Waals surface area contributed by atoms with Crippen LogP contribution in [0.1, 0.15) is 31.5 Å². The average Bonchev–Trinajstić information content (AvgIpc) is 2.28. The van der Waals surface area contributed by atoms with Gasteiger partial charge >= 0.3 is 0 Å². The molecule has 2 rings (SSSR count).